The molecule has 0 aromatic carbocycles. The van der Waals surface area contributed by atoms with Crippen molar-refractivity contribution in [2.24, 2.45) is 7.05 Å². The fourth-order valence-corrected chi connectivity index (χ4v) is 4.05. The van der Waals surface area contributed by atoms with Gasteiger partial charge in [0.15, 0.2) is 5.69 Å². The molecule has 2 aromatic rings. The maximum atomic E-state index is 13.2. The molecule has 0 N–H and O–H groups in total. The fourth-order valence-electron chi connectivity index (χ4n) is 4.05. The lowest BCUT2D eigenvalue weighted by molar-refractivity contribution is -0.00906. The van der Waals surface area contributed by atoms with Gasteiger partial charge in [-0.05, 0) is 27.7 Å². The zero-order chi connectivity index (χ0) is 20.0. The van der Waals surface area contributed by atoms with Gasteiger partial charge in [0, 0.05) is 45.2 Å². The molecule has 2 aromatic heterocycles. The number of fused-ring (bicyclic) bond motifs is 1. The number of hydrogen-bond acceptors (Lipinski definition) is 7. The van der Waals surface area contributed by atoms with E-state index in [2.05, 4.69) is 25.2 Å². The highest BCUT2D eigenvalue weighted by Crippen LogP contribution is 2.32. The van der Waals surface area contributed by atoms with Gasteiger partial charge in [-0.2, -0.15) is 10.2 Å². The van der Waals surface area contributed by atoms with Crippen LogP contribution in [-0.2, 0) is 18.2 Å². The number of ether oxygens (including phenoxy) is 1. The highest BCUT2D eigenvalue weighted by Gasteiger charge is 2.34. The summed E-state index contributed by atoms with van der Waals surface area (Å²) in [6, 6.07) is 0. The van der Waals surface area contributed by atoms with Gasteiger partial charge in [0.2, 0.25) is 5.95 Å². The molecular formula is C19H27N7O2. The van der Waals surface area contributed by atoms with Crippen molar-refractivity contribution >= 4 is 11.9 Å². The summed E-state index contributed by atoms with van der Waals surface area (Å²) in [4.78, 5) is 21.7. The quantitative estimate of drug-likeness (QED) is 0.767. The SMILES string of the molecule is Cc1nnc(N2CCN(C(=O)c3nn(C)c4c3C[C@@H](C)O[C@H]4C)CC2)nc1C. The molecule has 0 saturated carbocycles. The van der Waals surface area contributed by atoms with Crippen LogP contribution in [0.2, 0.25) is 0 Å². The third kappa shape index (κ3) is 3.23. The Balaban J connectivity index is 1.49. The zero-order valence-electron chi connectivity index (χ0n) is 17.1. The highest BCUT2D eigenvalue weighted by atomic mass is 16.5. The van der Waals surface area contributed by atoms with E-state index in [0.717, 1.165) is 29.1 Å². The summed E-state index contributed by atoms with van der Waals surface area (Å²) in [6.07, 6.45) is 0.755. The number of aryl methyl sites for hydroxylation is 3. The predicted molar refractivity (Wildman–Crippen MR) is 103 cm³/mol. The first kappa shape index (κ1) is 18.8. The molecule has 0 radical (unpaired) electrons. The Morgan fingerprint density at radius 1 is 1.07 bits per heavy atom. The molecule has 2 atom stereocenters. The summed E-state index contributed by atoms with van der Waals surface area (Å²) in [6.45, 7) is 10.5. The number of nitrogens with zero attached hydrogens (tertiary/aromatic N) is 7. The number of carbonyl (C=O) groups excluding carboxylic acids is 1. The Bertz CT molecular complexity index is 902. The van der Waals surface area contributed by atoms with Gasteiger partial charge in [-0.3, -0.25) is 9.48 Å². The molecule has 1 saturated heterocycles. The minimum absolute atomic E-state index is 0.00284. The minimum Gasteiger partial charge on any atom is -0.369 e. The van der Waals surface area contributed by atoms with Crippen LogP contribution in [0.15, 0.2) is 0 Å². The van der Waals surface area contributed by atoms with E-state index >= 15 is 0 Å². The van der Waals surface area contributed by atoms with E-state index in [0.29, 0.717) is 37.8 Å². The van der Waals surface area contributed by atoms with E-state index in [1.54, 1.807) is 4.68 Å². The van der Waals surface area contributed by atoms with Gasteiger partial charge in [0.25, 0.3) is 5.91 Å². The number of piperazine rings is 1. The maximum Gasteiger partial charge on any atom is 0.274 e. The van der Waals surface area contributed by atoms with Crippen molar-refractivity contribution in [2.45, 2.75) is 46.3 Å². The van der Waals surface area contributed by atoms with Crippen molar-refractivity contribution in [1.29, 1.82) is 0 Å². The molecule has 4 rings (SSSR count). The van der Waals surface area contributed by atoms with E-state index in [-0.39, 0.29) is 18.1 Å². The second kappa shape index (κ2) is 7.12. The van der Waals surface area contributed by atoms with Crippen molar-refractivity contribution in [2.75, 3.05) is 31.1 Å². The van der Waals surface area contributed by atoms with Crippen LogP contribution in [0.5, 0.6) is 0 Å². The molecule has 9 nitrogen and oxygen atoms in total. The van der Waals surface area contributed by atoms with Gasteiger partial charge in [-0.15, -0.1) is 5.10 Å². The van der Waals surface area contributed by atoms with Crippen LogP contribution in [0.3, 0.4) is 0 Å². The Morgan fingerprint density at radius 2 is 1.79 bits per heavy atom. The fraction of sp³-hybridized carbons (Fsp3) is 0.632. The smallest absolute Gasteiger partial charge is 0.274 e. The lowest BCUT2D eigenvalue weighted by Crippen LogP contribution is -2.49. The van der Waals surface area contributed by atoms with Gasteiger partial charge < -0.3 is 14.5 Å². The number of anilines is 1. The molecule has 28 heavy (non-hydrogen) atoms. The number of hydrogen-bond donors (Lipinski definition) is 0. The summed E-state index contributed by atoms with van der Waals surface area (Å²) in [7, 11) is 1.88. The molecule has 0 unspecified atom stereocenters. The zero-order valence-corrected chi connectivity index (χ0v) is 17.1. The van der Waals surface area contributed by atoms with Crippen molar-refractivity contribution in [3.63, 3.8) is 0 Å². The van der Waals surface area contributed by atoms with Crippen LogP contribution < -0.4 is 4.90 Å². The van der Waals surface area contributed by atoms with E-state index in [1.165, 1.54) is 0 Å². The van der Waals surface area contributed by atoms with Crippen LogP contribution in [0.25, 0.3) is 0 Å². The maximum absolute atomic E-state index is 13.2. The second-order valence-corrected chi connectivity index (χ2v) is 7.69. The Morgan fingerprint density at radius 3 is 2.46 bits per heavy atom. The van der Waals surface area contributed by atoms with Gasteiger partial charge in [-0.25, -0.2) is 4.98 Å². The third-order valence-corrected chi connectivity index (χ3v) is 5.64. The second-order valence-electron chi connectivity index (χ2n) is 7.69. The van der Waals surface area contributed by atoms with Crippen molar-refractivity contribution in [1.82, 2.24) is 29.9 Å². The van der Waals surface area contributed by atoms with E-state index in [1.807, 2.05) is 39.6 Å². The highest BCUT2D eigenvalue weighted by molar-refractivity contribution is 5.94. The Hall–Kier alpha value is -2.55. The summed E-state index contributed by atoms with van der Waals surface area (Å²) >= 11 is 0. The van der Waals surface area contributed by atoms with Crippen molar-refractivity contribution in [3.8, 4) is 0 Å². The Labute approximate surface area is 164 Å². The first-order valence-corrected chi connectivity index (χ1v) is 9.78. The average Bonchev–Trinajstić information content (AvgIpc) is 3.00. The van der Waals surface area contributed by atoms with Crippen molar-refractivity contribution in [3.05, 3.63) is 28.3 Å². The average molecular weight is 385 g/mol. The molecule has 9 heteroatoms. The lowest BCUT2D eigenvalue weighted by Gasteiger charge is -2.34. The Kier molecular flexibility index (Phi) is 4.78. The number of amides is 1. The largest absolute Gasteiger partial charge is 0.369 e. The summed E-state index contributed by atoms with van der Waals surface area (Å²) in [5.41, 5.74) is 4.33. The summed E-state index contributed by atoms with van der Waals surface area (Å²) < 4.78 is 7.70. The van der Waals surface area contributed by atoms with Crippen LogP contribution >= 0.6 is 0 Å². The lowest BCUT2D eigenvalue weighted by atomic mass is 9.99. The molecular weight excluding hydrogens is 358 g/mol. The first-order valence-electron chi connectivity index (χ1n) is 9.78. The molecule has 2 aliphatic rings. The van der Waals surface area contributed by atoms with Crippen LogP contribution in [0.1, 0.15) is 53.1 Å². The number of rotatable bonds is 2. The van der Waals surface area contributed by atoms with Crippen molar-refractivity contribution < 1.29 is 9.53 Å². The molecule has 2 aliphatic heterocycles. The van der Waals surface area contributed by atoms with E-state index in [9.17, 15) is 4.79 Å². The summed E-state index contributed by atoms with van der Waals surface area (Å²) in [5.74, 6) is 0.627. The monoisotopic (exact) mass is 385 g/mol. The van der Waals surface area contributed by atoms with E-state index < -0.39 is 0 Å². The standard InChI is InChI=1S/C19H27N7O2/c1-11-10-15-16(23-24(5)17(15)14(4)28-11)18(27)25-6-8-26(9-7-25)19-20-12(2)13(3)21-22-19/h11,14H,6-10H2,1-5H3/t11-,14+/m1/s1. The molecule has 1 amide bonds. The molecule has 4 heterocycles. The summed E-state index contributed by atoms with van der Waals surface area (Å²) in [5, 5.41) is 12.9. The van der Waals surface area contributed by atoms with Gasteiger partial charge >= 0.3 is 0 Å². The molecule has 0 bridgehead atoms. The number of carbonyl (C=O) groups is 1. The molecule has 0 aliphatic carbocycles. The minimum atomic E-state index is -0.0518. The molecule has 1 fully saturated rings. The van der Waals surface area contributed by atoms with Gasteiger partial charge in [-0.1, -0.05) is 0 Å². The van der Waals surface area contributed by atoms with E-state index in [4.69, 9.17) is 4.74 Å². The first-order chi connectivity index (χ1) is 13.3. The van der Waals surface area contributed by atoms with Gasteiger partial charge in [0.1, 0.15) is 0 Å². The topological polar surface area (TPSA) is 89.3 Å². The van der Waals surface area contributed by atoms with Crippen LogP contribution in [0.4, 0.5) is 5.95 Å². The normalized spacial score (nSPS) is 22.3. The van der Waals surface area contributed by atoms with Crippen LogP contribution in [-0.4, -0.2) is 68.1 Å². The van der Waals surface area contributed by atoms with Crippen LogP contribution in [0, 0.1) is 13.8 Å². The molecule has 0 spiro atoms. The third-order valence-electron chi connectivity index (χ3n) is 5.64. The predicted octanol–water partition coefficient (Wildman–Crippen LogP) is 1.21. The number of aromatic nitrogens is 5. The van der Waals surface area contributed by atoms with Gasteiger partial charge in [0.05, 0.1) is 29.3 Å². The molecule has 150 valence electrons.